The number of nitrogens with one attached hydrogen (secondary N) is 2. The van der Waals surface area contributed by atoms with Crippen molar-refractivity contribution in [3.63, 3.8) is 0 Å². The molecule has 2 amide bonds. The van der Waals surface area contributed by atoms with Gasteiger partial charge in [0.05, 0.1) is 13.2 Å². The predicted molar refractivity (Wildman–Crippen MR) is 119 cm³/mol. The number of hydrogen-bond acceptors (Lipinski definition) is 4. The Kier molecular flexibility index (Phi) is 7.07. The van der Waals surface area contributed by atoms with E-state index in [-0.39, 0.29) is 17.7 Å². The number of benzene rings is 2. The average molecular weight is 423 g/mol. The van der Waals surface area contributed by atoms with Crippen LogP contribution in [0.2, 0.25) is 0 Å². The lowest BCUT2D eigenvalue weighted by Crippen LogP contribution is -2.23. The van der Waals surface area contributed by atoms with Crippen LogP contribution >= 0.6 is 0 Å². The molecule has 31 heavy (non-hydrogen) atoms. The molecule has 2 aromatic carbocycles. The van der Waals surface area contributed by atoms with Crippen LogP contribution in [0.15, 0.2) is 42.5 Å². The summed E-state index contributed by atoms with van der Waals surface area (Å²) in [6.07, 6.45) is 6.14. The van der Waals surface area contributed by atoms with Crippen molar-refractivity contribution in [1.82, 2.24) is 5.32 Å². The van der Waals surface area contributed by atoms with E-state index in [0.717, 1.165) is 60.4 Å². The first-order chi connectivity index (χ1) is 15.2. The maximum atomic E-state index is 12.3. The van der Waals surface area contributed by atoms with Crippen LogP contribution in [0.1, 0.15) is 49.7 Å². The van der Waals surface area contributed by atoms with Crippen LogP contribution in [0.5, 0.6) is 11.5 Å². The number of ether oxygens (including phenoxy) is 2. The number of hydrogen-bond donors (Lipinski definition) is 2. The van der Waals surface area contributed by atoms with Crippen molar-refractivity contribution in [2.75, 3.05) is 18.5 Å². The Morgan fingerprint density at radius 2 is 1.71 bits per heavy atom. The summed E-state index contributed by atoms with van der Waals surface area (Å²) >= 11 is 0. The summed E-state index contributed by atoms with van der Waals surface area (Å²) in [5.41, 5.74) is 2.81. The highest BCUT2D eigenvalue weighted by Crippen LogP contribution is 2.30. The molecule has 0 aromatic heterocycles. The summed E-state index contributed by atoms with van der Waals surface area (Å²) in [4.78, 5) is 24.7. The minimum absolute atomic E-state index is 0.00694. The number of anilines is 1. The van der Waals surface area contributed by atoms with E-state index in [1.165, 1.54) is 0 Å². The first-order valence-electron chi connectivity index (χ1n) is 11.2. The Labute approximate surface area is 183 Å². The van der Waals surface area contributed by atoms with Crippen LogP contribution < -0.4 is 20.1 Å². The lowest BCUT2D eigenvalue weighted by molar-refractivity contribution is -0.121. The van der Waals surface area contributed by atoms with Gasteiger partial charge in [0.15, 0.2) is 11.5 Å². The third kappa shape index (κ3) is 6.00. The second-order valence-corrected chi connectivity index (χ2v) is 8.28. The molecule has 1 fully saturated rings. The van der Waals surface area contributed by atoms with E-state index in [2.05, 4.69) is 10.6 Å². The molecule has 164 valence electrons. The van der Waals surface area contributed by atoms with Crippen molar-refractivity contribution in [1.29, 1.82) is 0 Å². The van der Waals surface area contributed by atoms with Gasteiger partial charge >= 0.3 is 0 Å². The smallest absolute Gasteiger partial charge is 0.227 e. The molecule has 1 heterocycles. The third-order valence-corrected chi connectivity index (χ3v) is 5.86. The standard InChI is InChI=1S/C25H30N2O4/c28-24(12-10-18-9-11-22-23(16-18)31-14-4-13-30-22)26-17-19-5-3-8-21(15-19)27-25(29)20-6-1-2-7-20/h3,5,8-9,11,15-16,20H,1-2,4,6-7,10,12-14,17H2,(H,26,28)(H,27,29). The topological polar surface area (TPSA) is 76.7 Å². The van der Waals surface area contributed by atoms with Crippen LogP contribution in [-0.2, 0) is 22.6 Å². The highest BCUT2D eigenvalue weighted by molar-refractivity contribution is 5.92. The molecule has 4 rings (SSSR count). The third-order valence-electron chi connectivity index (χ3n) is 5.86. The normalized spacial score (nSPS) is 15.9. The molecule has 1 aliphatic carbocycles. The van der Waals surface area contributed by atoms with Crippen LogP contribution in [0.4, 0.5) is 5.69 Å². The summed E-state index contributed by atoms with van der Waals surface area (Å²) in [5, 5.41) is 5.98. The number of amides is 2. The Morgan fingerprint density at radius 3 is 2.55 bits per heavy atom. The number of fused-ring (bicyclic) bond motifs is 1. The Bertz CT molecular complexity index is 921. The van der Waals surface area contributed by atoms with Gasteiger partial charge in [-0.1, -0.05) is 31.0 Å². The van der Waals surface area contributed by atoms with E-state index < -0.39 is 0 Å². The molecule has 0 saturated heterocycles. The van der Waals surface area contributed by atoms with Crippen LogP contribution in [-0.4, -0.2) is 25.0 Å². The Hall–Kier alpha value is -3.02. The van der Waals surface area contributed by atoms with E-state index in [9.17, 15) is 9.59 Å². The van der Waals surface area contributed by atoms with Crippen molar-refractivity contribution in [3.8, 4) is 11.5 Å². The lowest BCUT2D eigenvalue weighted by atomic mass is 10.1. The van der Waals surface area contributed by atoms with E-state index in [1.54, 1.807) is 0 Å². The summed E-state index contributed by atoms with van der Waals surface area (Å²) in [5.74, 6) is 1.76. The van der Waals surface area contributed by atoms with Gasteiger partial charge in [-0.05, 0) is 54.7 Å². The number of rotatable bonds is 7. The fourth-order valence-corrected chi connectivity index (χ4v) is 4.10. The maximum Gasteiger partial charge on any atom is 0.227 e. The summed E-state index contributed by atoms with van der Waals surface area (Å²) < 4.78 is 11.4. The first-order valence-corrected chi connectivity index (χ1v) is 11.2. The molecule has 0 unspecified atom stereocenters. The van der Waals surface area contributed by atoms with Crippen LogP contribution in [0, 0.1) is 5.92 Å². The number of carbonyl (C=O) groups excluding carboxylic acids is 2. The summed E-state index contributed by atoms with van der Waals surface area (Å²) in [6.45, 7) is 1.75. The van der Waals surface area contributed by atoms with Gasteiger partial charge in [-0.3, -0.25) is 9.59 Å². The van der Waals surface area contributed by atoms with E-state index in [1.807, 2.05) is 42.5 Å². The van der Waals surface area contributed by atoms with Crippen molar-refractivity contribution in [2.24, 2.45) is 5.92 Å². The molecule has 0 bridgehead atoms. The lowest BCUT2D eigenvalue weighted by Gasteiger charge is -2.12. The second kappa shape index (κ2) is 10.3. The molecular formula is C25H30N2O4. The van der Waals surface area contributed by atoms with Gasteiger partial charge in [-0.25, -0.2) is 0 Å². The minimum atomic E-state index is -0.00694. The van der Waals surface area contributed by atoms with Gasteiger partial charge in [-0.2, -0.15) is 0 Å². The SMILES string of the molecule is O=C(CCc1ccc2c(c1)OCCCO2)NCc1cccc(NC(=O)C2CCCC2)c1. The summed E-state index contributed by atoms with van der Waals surface area (Å²) in [7, 11) is 0. The van der Waals surface area contributed by atoms with Crippen molar-refractivity contribution in [2.45, 2.75) is 51.5 Å². The van der Waals surface area contributed by atoms with Gasteiger partial charge in [-0.15, -0.1) is 0 Å². The Balaban J connectivity index is 1.24. The van der Waals surface area contributed by atoms with Gasteiger partial charge in [0, 0.05) is 31.0 Å². The molecule has 6 heteroatoms. The van der Waals surface area contributed by atoms with Gasteiger partial charge in [0.1, 0.15) is 0 Å². The van der Waals surface area contributed by atoms with E-state index in [0.29, 0.717) is 32.6 Å². The zero-order valence-corrected chi connectivity index (χ0v) is 17.8. The molecule has 2 aromatic rings. The van der Waals surface area contributed by atoms with Crippen LogP contribution in [0.3, 0.4) is 0 Å². The highest BCUT2D eigenvalue weighted by Gasteiger charge is 2.22. The average Bonchev–Trinajstić information content (AvgIpc) is 3.23. The van der Waals surface area contributed by atoms with E-state index in [4.69, 9.17) is 9.47 Å². The molecule has 2 N–H and O–H groups in total. The van der Waals surface area contributed by atoms with Gasteiger partial charge < -0.3 is 20.1 Å². The maximum absolute atomic E-state index is 12.3. The van der Waals surface area contributed by atoms with Crippen LogP contribution in [0.25, 0.3) is 0 Å². The first kappa shape index (κ1) is 21.2. The van der Waals surface area contributed by atoms with Gasteiger partial charge in [0.25, 0.3) is 0 Å². The second-order valence-electron chi connectivity index (χ2n) is 8.28. The molecular weight excluding hydrogens is 392 g/mol. The zero-order chi connectivity index (χ0) is 21.5. The molecule has 6 nitrogen and oxygen atoms in total. The molecule has 1 aliphatic heterocycles. The highest BCUT2D eigenvalue weighted by atomic mass is 16.5. The fraction of sp³-hybridized carbons (Fsp3) is 0.440. The number of carbonyl (C=O) groups is 2. The number of aryl methyl sites for hydroxylation is 1. The van der Waals surface area contributed by atoms with E-state index >= 15 is 0 Å². The molecule has 0 radical (unpaired) electrons. The fourth-order valence-electron chi connectivity index (χ4n) is 4.10. The molecule has 0 spiro atoms. The largest absolute Gasteiger partial charge is 0.490 e. The van der Waals surface area contributed by atoms with Crippen molar-refractivity contribution in [3.05, 3.63) is 53.6 Å². The Morgan fingerprint density at radius 1 is 0.903 bits per heavy atom. The minimum Gasteiger partial charge on any atom is -0.490 e. The molecule has 1 saturated carbocycles. The van der Waals surface area contributed by atoms with Crippen molar-refractivity contribution >= 4 is 17.5 Å². The molecule has 0 atom stereocenters. The summed E-state index contributed by atoms with van der Waals surface area (Å²) in [6, 6.07) is 13.5. The molecule has 2 aliphatic rings. The monoisotopic (exact) mass is 422 g/mol. The van der Waals surface area contributed by atoms with Crippen molar-refractivity contribution < 1.29 is 19.1 Å². The quantitative estimate of drug-likeness (QED) is 0.700. The predicted octanol–water partition coefficient (Wildman–Crippen LogP) is 4.23. The zero-order valence-electron chi connectivity index (χ0n) is 17.8. The van der Waals surface area contributed by atoms with Gasteiger partial charge in [0.2, 0.25) is 11.8 Å².